The molecule has 2 aliphatic heterocycles. The number of amides is 3. The van der Waals surface area contributed by atoms with E-state index in [1.54, 1.807) is 29.2 Å². The Balaban J connectivity index is 1.04. The molecule has 4 fully saturated rings. The van der Waals surface area contributed by atoms with Crippen molar-refractivity contribution in [1.29, 1.82) is 0 Å². The second kappa shape index (κ2) is 7.88. The Hall–Kier alpha value is -3.74. The fraction of sp³-hybridized carbons (Fsp3) is 0.400. The highest BCUT2D eigenvalue weighted by Crippen LogP contribution is 2.65. The smallest absolute Gasteiger partial charge is 0.316 e. The molecule has 6 aliphatic rings. The van der Waals surface area contributed by atoms with E-state index in [0.717, 1.165) is 23.2 Å². The summed E-state index contributed by atoms with van der Waals surface area (Å²) in [6, 6.07) is 12.5. The first kappa shape index (κ1) is 22.5. The lowest BCUT2D eigenvalue weighted by Gasteiger charge is -2.37. The van der Waals surface area contributed by atoms with E-state index < -0.39 is 11.9 Å². The number of rotatable bonds is 4. The Bertz CT molecular complexity index is 1340. The normalized spacial score (nSPS) is 33.1. The Labute approximate surface area is 215 Å². The van der Waals surface area contributed by atoms with Gasteiger partial charge in [0.15, 0.2) is 0 Å². The third-order valence-electron chi connectivity index (χ3n) is 8.95. The topological polar surface area (TPSA) is 84.0 Å². The summed E-state index contributed by atoms with van der Waals surface area (Å²) in [6.45, 7) is 4.23. The van der Waals surface area contributed by atoms with Gasteiger partial charge >= 0.3 is 5.97 Å². The summed E-state index contributed by atoms with van der Waals surface area (Å²) in [6.07, 6.45) is 5.55. The lowest BCUT2D eigenvalue weighted by molar-refractivity contribution is -0.139. The van der Waals surface area contributed by atoms with Crippen LogP contribution in [0.15, 0.2) is 54.6 Å². The van der Waals surface area contributed by atoms with Crippen LogP contribution in [0, 0.1) is 55.3 Å². The van der Waals surface area contributed by atoms with Crippen LogP contribution < -0.4 is 14.5 Å². The first-order valence-electron chi connectivity index (χ1n) is 13.1. The molecule has 2 aromatic rings. The maximum absolute atomic E-state index is 13.3. The van der Waals surface area contributed by atoms with Crippen molar-refractivity contribution in [3.63, 3.8) is 0 Å². The van der Waals surface area contributed by atoms with Crippen LogP contribution in [0.3, 0.4) is 0 Å². The summed E-state index contributed by atoms with van der Waals surface area (Å²) in [5.74, 6) is -0.0411. The van der Waals surface area contributed by atoms with E-state index in [1.807, 2.05) is 32.0 Å². The molecule has 7 heteroatoms. The van der Waals surface area contributed by atoms with Gasteiger partial charge in [0.05, 0.1) is 23.4 Å². The maximum atomic E-state index is 13.3. The van der Waals surface area contributed by atoms with Gasteiger partial charge in [0, 0.05) is 18.7 Å². The molecule has 7 nitrogen and oxygen atoms in total. The van der Waals surface area contributed by atoms with Gasteiger partial charge in [-0.25, -0.2) is 0 Å². The Morgan fingerprint density at radius 2 is 1.43 bits per heavy atom. The number of allylic oxidation sites excluding steroid dienone is 2. The predicted molar refractivity (Wildman–Crippen MR) is 136 cm³/mol. The highest BCUT2D eigenvalue weighted by Gasteiger charge is 2.67. The summed E-state index contributed by atoms with van der Waals surface area (Å²) < 4.78 is 5.59. The molecule has 0 unspecified atom stereocenters. The number of nitrogens with zero attached hydrogens (tertiary/aromatic N) is 2. The van der Waals surface area contributed by atoms with Crippen LogP contribution in [-0.2, 0) is 19.2 Å². The summed E-state index contributed by atoms with van der Waals surface area (Å²) in [5.41, 5.74) is 3.42. The lowest BCUT2D eigenvalue weighted by Crippen LogP contribution is -2.40. The van der Waals surface area contributed by atoms with Gasteiger partial charge in [-0.3, -0.25) is 24.1 Å². The molecule has 188 valence electrons. The van der Waals surface area contributed by atoms with Crippen molar-refractivity contribution >= 4 is 35.1 Å². The Kier molecular flexibility index (Phi) is 4.78. The fourth-order valence-corrected chi connectivity index (χ4v) is 7.30. The first-order chi connectivity index (χ1) is 17.8. The molecule has 2 bridgehead atoms. The van der Waals surface area contributed by atoms with E-state index in [2.05, 4.69) is 12.2 Å². The number of esters is 1. The minimum absolute atomic E-state index is 0.0990. The van der Waals surface area contributed by atoms with Crippen LogP contribution in [0.1, 0.15) is 24.0 Å². The number of carbonyl (C=O) groups is 4. The molecule has 2 saturated carbocycles. The van der Waals surface area contributed by atoms with Gasteiger partial charge < -0.3 is 9.64 Å². The SMILES string of the molecule is Cc1cc(C)cc(N2C[C@@H](C(=O)Oc3ccc(N4C(=O)[C@@H]5[C@@H]6C=C[C@H]([C@H]7C[C@@H]67)[C@@H]5C4=O)cc3)CC2=O)c1. The van der Waals surface area contributed by atoms with Gasteiger partial charge in [0.2, 0.25) is 17.7 Å². The van der Waals surface area contributed by atoms with Gasteiger partial charge in [-0.2, -0.15) is 0 Å². The monoisotopic (exact) mass is 496 g/mol. The molecule has 2 heterocycles. The van der Waals surface area contributed by atoms with Crippen LogP contribution in [0.4, 0.5) is 11.4 Å². The van der Waals surface area contributed by atoms with E-state index in [1.165, 1.54) is 4.90 Å². The minimum Gasteiger partial charge on any atom is -0.426 e. The lowest BCUT2D eigenvalue weighted by atomic mass is 9.63. The third kappa shape index (κ3) is 3.40. The molecule has 0 aromatic heterocycles. The van der Waals surface area contributed by atoms with Crippen LogP contribution in [0.5, 0.6) is 5.75 Å². The zero-order chi connectivity index (χ0) is 25.6. The number of hydrogen-bond acceptors (Lipinski definition) is 5. The maximum Gasteiger partial charge on any atom is 0.316 e. The zero-order valence-electron chi connectivity index (χ0n) is 20.8. The molecular formula is C30H28N2O5. The molecule has 8 rings (SSSR count). The number of imide groups is 1. The number of aryl methyl sites for hydroxylation is 2. The van der Waals surface area contributed by atoms with E-state index in [-0.39, 0.29) is 54.4 Å². The molecule has 0 radical (unpaired) electrons. The summed E-state index contributed by atoms with van der Waals surface area (Å²) in [4.78, 5) is 55.1. The predicted octanol–water partition coefficient (Wildman–Crippen LogP) is 3.82. The average Bonchev–Trinajstić information content (AvgIpc) is 3.54. The summed E-state index contributed by atoms with van der Waals surface area (Å²) in [7, 11) is 0. The number of benzene rings is 2. The van der Waals surface area contributed by atoms with Crippen molar-refractivity contribution in [1.82, 2.24) is 0 Å². The van der Waals surface area contributed by atoms with Gasteiger partial charge in [-0.05, 0) is 91.5 Å². The van der Waals surface area contributed by atoms with Gasteiger partial charge in [-0.15, -0.1) is 0 Å². The molecule has 4 aliphatic carbocycles. The van der Waals surface area contributed by atoms with Crippen molar-refractivity contribution in [2.75, 3.05) is 16.3 Å². The molecule has 7 atom stereocenters. The van der Waals surface area contributed by atoms with Crippen molar-refractivity contribution in [2.24, 2.45) is 41.4 Å². The van der Waals surface area contributed by atoms with Gasteiger partial charge in [0.25, 0.3) is 0 Å². The molecule has 2 aromatic carbocycles. The standard InChI is InChI=1S/C30H28N2O5/c1-15-9-16(2)11-19(10-15)31-14-17(12-25(31)33)30(36)37-20-5-3-18(4-6-20)32-28(34)26-21-7-8-22(24-13-23(21)24)27(26)29(32)35/h3-11,17,21-24,26-27H,12-14H2,1-2H3/t17-,21+,22+,23-,24+,26+,27-/m0/s1. The fourth-order valence-electron chi connectivity index (χ4n) is 7.30. The van der Waals surface area contributed by atoms with E-state index >= 15 is 0 Å². The number of anilines is 2. The molecule has 0 N–H and O–H groups in total. The van der Waals surface area contributed by atoms with E-state index in [0.29, 0.717) is 23.3 Å². The largest absolute Gasteiger partial charge is 0.426 e. The van der Waals surface area contributed by atoms with Crippen molar-refractivity contribution in [2.45, 2.75) is 26.7 Å². The first-order valence-corrected chi connectivity index (χ1v) is 13.1. The van der Waals surface area contributed by atoms with Crippen LogP contribution in [0.25, 0.3) is 0 Å². The van der Waals surface area contributed by atoms with Gasteiger partial charge in [0.1, 0.15) is 5.75 Å². The van der Waals surface area contributed by atoms with Crippen molar-refractivity contribution < 1.29 is 23.9 Å². The quantitative estimate of drug-likeness (QED) is 0.278. The number of hydrogen-bond donors (Lipinski definition) is 0. The third-order valence-corrected chi connectivity index (χ3v) is 8.95. The van der Waals surface area contributed by atoms with Crippen LogP contribution in [0.2, 0.25) is 0 Å². The number of ether oxygens (including phenoxy) is 1. The van der Waals surface area contributed by atoms with Crippen LogP contribution in [-0.4, -0.2) is 30.2 Å². The second-order valence-corrected chi connectivity index (χ2v) is 11.3. The highest BCUT2D eigenvalue weighted by atomic mass is 16.5. The Morgan fingerprint density at radius 3 is 2.03 bits per heavy atom. The van der Waals surface area contributed by atoms with E-state index in [9.17, 15) is 19.2 Å². The average molecular weight is 497 g/mol. The molecular weight excluding hydrogens is 468 g/mol. The summed E-state index contributed by atoms with van der Waals surface area (Å²) in [5, 5.41) is 0. The summed E-state index contributed by atoms with van der Waals surface area (Å²) >= 11 is 0. The molecule has 0 spiro atoms. The molecule has 2 saturated heterocycles. The zero-order valence-corrected chi connectivity index (χ0v) is 20.8. The van der Waals surface area contributed by atoms with Crippen molar-refractivity contribution in [3.8, 4) is 5.75 Å². The minimum atomic E-state index is -0.563. The molecule has 3 amide bonds. The second-order valence-electron chi connectivity index (χ2n) is 11.3. The highest BCUT2D eigenvalue weighted by molar-refractivity contribution is 6.22. The van der Waals surface area contributed by atoms with Crippen molar-refractivity contribution in [3.05, 3.63) is 65.7 Å². The van der Waals surface area contributed by atoms with Crippen LogP contribution >= 0.6 is 0 Å². The van der Waals surface area contributed by atoms with Gasteiger partial charge in [-0.1, -0.05) is 18.2 Å². The number of carbonyl (C=O) groups excluding carboxylic acids is 4. The van der Waals surface area contributed by atoms with E-state index in [4.69, 9.17) is 4.74 Å². The Morgan fingerprint density at radius 1 is 0.838 bits per heavy atom. The molecule has 37 heavy (non-hydrogen) atoms.